The Kier molecular flexibility index (Phi) is 7.25. The molecule has 0 spiro atoms. The zero-order chi connectivity index (χ0) is 27.9. The molecule has 2 saturated carbocycles. The second kappa shape index (κ2) is 10.5. The highest BCUT2D eigenvalue weighted by Gasteiger charge is 2.48. The van der Waals surface area contributed by atoms with Gasteiger partial charge in [0.25, 0.3) is 5.91 Å². The van der Waals surface area contributed by atoms with E-state index in [4.69, 9.17) is 0 Å². The van der Waals surface area contributed by atoms with Crippen LogP contribution in [0.15, 0.2) is 36.9 Å². The monoisotopic (exact) mass is 546 g/mol. The predicted octanol–water partition coefficient (Wildman–Crippen LogP) is 4.20. The van der Waals surface area contributed by atoms with Gasteiger partial charge >= 0.3 is 6.18 Å². The molecule has 1 unspecified atom stereocenters. The van der Waals surface area contributed by atoms with E-state index in [-0.39, 0.29) is 23.8 Å². The van der Waals surface area contributed by atoms with Crippen molar-refractivity contribution >= 4 is 17.5 Å². The Morgan fingerprint density at radius 1 is 1.03 bits per heavy atom. The van der Waals surface area contributed by atoms with E-state index in [1.807, 2.05) is 13.8 Å². The Bertz CT molecular complexity index is 1310. The van der Waals surface area contributed by atoms with Crippen LogP contribution >= 0.6 is 0 Å². The van der Waals surface area contributed by atoms with Gasteiger partial charge in [0.1, 0.15) is 18.3 Å². The summed E-state index contributed by atoms with van der Waals surface area (Å²) in [6, 6.07) is 1.85. The molecule has 13 heteroatoms. The summed E-state index contributed by atoms with van der Waals surface area (Å²) in [5.74, 6) is 0.127. The van der Waals surface area contributed by atoms with Crippen LogP contribution in [0.3, 0.4) is 0 Å². The van der Waals surface area contributed by atoms with E-state index in [1.54, 1.807) is 30.1 Å². The molecule has 0 saturated heterocycles. The van der Waals surface area contributed by atoms with E-state index in [2.05, 4.69) is 25.9 Å². The van der Waals surface area contributed by atoms with Crippen molar-refractivity contribution in [1.82, 2.24) is 34.7 Å². The lowest BCUT2D eigenvalue weighted by Gasteiger charge is -2.27. The van der Waals surface area contributed by atoms with Crippen LogP contribution < -0.4 is 10.6 Å². The highest BCUT2D eigenvalue weighted by atomic mass is 19.4. The third-order valence-corrected chi connectivity index (χ3v) is 7.45. The molecule has 2 amide bonds. The first kappa shape index (κ1) is 26.9. The number of hydrogen-bond donors (Lipinski definition) is 2. The minimum absolute atomic E-state index is 0.0176. The first-order valence-electron chi connectivity index (χ1n) is 13.3. The number of amides is 2. The average Bonchev–Trinajstić information content (AvgIpc) is 3.72. The molecule has 2 atom stereocenters. The smallest absolute Gasteiger partial charge is 0.339 e. The van der Waals surface area contributed by atoms with Crippen molar-refractivity contribution in [3.05, 3.63) is 48.3 Å². The molecule has 0 radical (unpaired) electrons. The van der Waals surface area contributed by atoms with Crippen molar-refractivity contribution in [3.8, 4) is 0 Å². The van der Waals surface area contributed by atoms with Gasteiger partial charge in [0.2, 0.25) is 5.91 Å². The molecule has 39 heavy (non-hydrogen) atoms. The summed E-state index contributed by atoms with van der Waals surface area (Å²) in [5, 5.41) is 18.2. The van der Waals surface area contributed by atoms with E-state index < -0.39 is 24.8 Å². The maximum Gasteiger partial charge on any atom is 0.408 e. The minimum Gasteiger partial charge on any atom is -0.339 e. The largest absolute Gasteiger partial charge is 0.408 e. The molecule has 2 aliphatic rings. The summed E-state index contributed by atoms with van der Waals surface area (Å²) in [5.41, 5.74) is 1.12. The summed E-state index contributed by atoms with van der Waals surface area (Å²) >= 11 is 0. The number of carbonyl (C=O) groups is 2. The summed E-state index contributed by atoms with van der Waals surface area (Å²) < 4.78 is 42.9. The molecule has 2 N–H and O–H groups in total. The lowest BCUT2D eigenvalue weighted by atomic mass is 9.88. The van der Waals surface area contributed by atoms with Crippen LogP contribution in [0, 0.1) is 17.8 Å². The zero-order valence-electron chi connectivity index (χ0n) is 22.1. The van der Waals surface area contributed by atoms with Gasteiger partial charge in [-0.25, -0.2) is 0 Å². The Morgan fingerprint density at radius 3 is 2.31 bits per heavy atom. The molecule has 3 heterocycles. The van der Waals surface area contributed by atoms with E-state index >= 15 is 0 Å². The Labute approximate surface area is 223 Å². The van der Waals surface area contributed by atoms with Gasteiger partial charge in [-0.2, -0.15) is 28.5 Å². The number of hydrogen-bond acceptors (Lipinski definition) is 5. The van der Waals surface area contributed by atoms with E-state index in [0.29, 0.717) is 28.9 Å². The average molecular weight is 547 g/mol. The predicted molar refractivity (Wildman–Crippen MR) is 136 cm³/mol. The fourth-order valence-electron chi connectivity index (χ4n) is 5.32. The standard InChI is InChI=1S/C26H33F3N8O2/c1-15(2)37-21(9-11-31-37)24(38)34-23(22(17-4-5-17)18-6-7-18)25(39)33-19-12-32-35(13-19)16(3)20-8-10-30-36(20)14-26(27,28)29/h8-13,15-18,22-23H,4-7,14H2,1-3H3,(H,33,39)(H,34,38)/t16?,23-/m0/s1. The molecule has 2 aliphatic carbocycles. The molecule has 0 aromatic carbocycles. The lowest BCUT2D eigenvalue weighted by molar-refractivity contribution is -0.143. The topological polar surface area (TPSA) is 112 Å². The normalized spacial score (nSPS) is 17.4. The van der Waals surface area contributed by atoms with Crippen LogP contribution in [-0.4, -0.2) is 53.4 Å². The van der Waals surface area contributed by atoms with Gasteiger partial charge in [-0.05, 0) is 76.3 Å². The van der Waals surface area contributed by atoms with Crippen LogP contribution in [0.2, 0.25) is 0 Å². The lowest BCUT2D eigenvalue weighted by Crippen LogP contribution is -2.50. The fourth-order valence-corrected chi connectivity index (χ4v) is 5.32. The maximum absolute atomic E-state index is 13.6. The molecule has 210 valence electrons. The highest BCUT2D eigenvalue weighted by molar-refractivity contribution is 6.00. The Balaban J connectivity index is 1.33. The van der Waals surface area contributed by atoms with E-state index in [1.165, 1.54) is 23.1 Å². The minimum atomic E-state index is -4.41. The first-order valence-corrected chi connectivity index (χ1v) is 13.3. The number of anilines is 1. The van der Waals surface area contributed by atoms with Crippen molar-refractivity contribution in [2.75, 3.05) is 5.32 Å². The molecule has 3 aromatic rings. The van der Waals surface area contributed by atoms with Crippen LogP contribution in [0.4, 0.5) is 18.9 Å². The zero-order valence-corrected chi connectivity index (χ0v) is 22.1. The van der Waals surface area contributed by atoms with Crippen molar-refractivity contribution in [2.45, 2.75) is 77.3 Å². The molecule has 10 nitrogen and oxygen atoms in total. The van der Waals surface area contributed by atoms with Crippen molar-refractivity contribution in [1.29, 1.82) is 0 Å². The maximum atomic E-state index is 13.6. The Morgan fingerprint density at radius 2 is 1.69 bits per heavy atom. The quantitative estimate of drug-likeness (QED) is 0.375. The van der Waals surface area contributed by atoms with Crippen LogP contribution in [0.5, 0.6) is 0 Å². The molecule has 0 bridgehead atoms. The van der Waals surface area contributed by atoms with Crippen molar-refractivity contribution < 1.29 is 22.8 Å². The molecule has 2 fully saturated rings. The number of nitrogens with zero attached hydrogens (tertiary/aromatic N) is 6. The van der Waals surface area contributed by atoms with Gasteiger partial charge in [0.15, 0.2) is 0 Å². The number of rotatable bonds is 11. The van der Waals surface area contributed by atoms with Crippen LogP contribution in [0.25, 0.3) is 0 Å². The van der Waals surface area contributed by atoms with E-state index in [0.717, 1.165) is 30.4 Å². The van der Waals surface area contributed by atoms with Crippen molar-refractivity contribution in [2.24, 2.45) is 17.8 Å². The summed E-state index contributed by atoms with van der Waals surface area (Å²) in [7, 11) is 0. The van der Waals surface area contributed by atoms with Gasteiger partial charge in [0, 0.05) is 24.6 Å². The molecule has 0 aliphatic heterocycles. The van der Waals surface area contributed by atoms with Gasteiger partial charge in [-0.1, -0.05) is 0 Å². The third-order valence-electron chi connectivity index (χ3n) is 7.45. The Hall–Kier alpha value is -3.64. The van der Waals surface area contributed by atoms with E-state index in [9.17, 15) is 22.8 Å². The van der Waals surface area contributed by atoms with Gasteiger partial charge in [0.05, 0.1) is 23.6 Å². The second-order valence-electron chi connectivity index (χ2n) is 10.9. The fraction of sp³-hybridized carbons (Fsp3) is 0.577. The highest BCUT2D eigenvalue weighted by Crippen LogP contribution is 2.51. The molecule has 5 rings (SSSR count). The number of aromatic nitrogens is 6. The molecular formula is C26H33F3N8O2. The number of carbonyl (C=O) groups excluding carboxylic acids is 2. The van der Waals surface area contributed by atoms with Crippen LogP contribution in [-0.2, 0) is 11.3 Å². The van der Waals surface area contributed by atoms with Gasteiger partial charge < -0.3 is 10.6 Å². The number of halogens is 3. The summed E-state index contributed by atoms with van der Waals surface area (Å²) in [6.07, 6.45) is 5.64. The number of nitrogens with one attached hydrogen (secondary N) is 2. The first-order chi connectivity index (χ1) is 18.5. The van der Waals surface area contributed by atoms with Crippen molar-refractivity contribution in [3.63, 3.8) is 0 Å². The summed E-state index contributed by atoms with van der Waals surface area (Å²) in [6.45, 7) is 4.37. The van der Waals surface area contributed by atoms with Gasteiger partial charge in [-0.15, -0.1) is 0 Å². The molecular weight excluding hydrogens is 513 g/mol. The van der Waals surface area contributed by atoms with Gasteiger partial charge in [-0.3, -0.25) is 23.6 Å². The number of alkyl halides is 3. The summed E-state index contributed by atoms with van der Waals surface area (Å²) in [4.78, 5) is 26.9. The third kappa shape index (κ3) is 6.17. The second-order valence-corrected chi connectivity index (χ2v) is 10.9. The molecule has 3 aromatic heterocycles. The SMILES string of the molecule is CC(c1ccnn1CC(F)(F)F)n1cc(NC(=O)[C@@H](NC(=O)c2ccnn2C(C)C)C(C2CC2)C2CC2)cn1. The van der Waals surface area contributed by atoms with Crippen LogP contribution in [0.1, 0.15) is 74.7 Å².